The van der Waals surface area contributed by atoms with Crippen molar-refractivity contribution in [2.75, 3.05) is 6.61 Å². The van der Waals surface area contributed by atoms with E-state index >= 15 is 0 Å². The average Bonchev–Trinajstić information content (AvgIpc) is 2.88. The van der Waals surface area contributed by atoms with Crippen molar-refractivity contribution in [3.63, 3.8) is 0 Å². The van der Waals surface area contributed by atoms with Crippen LogP contribution in [0.3, 0.4) is 0 Å². The summed E-state index contributed by atoms with van der Waals surface area (Å²) < 4.78 is 45.1. The van der Waals surface area contributed by atoms with Crippen LogP contribution in [0.1, 0.15) is 36.0 Å². The van der Waals surface area contributed by atoms with Gasteiger partial charge in [0.25, 0.3) is 0 Å². The van der Waals surface area contributed by atoms with Crippen LogP contribution in [-0.2, 0) is 4.74 Å². The van der Waals surface area contributed by atoms with Gasteiger partial charge in [0.15, 0.2) is 5.78 Å². The minimum Gasteiger partial charge on any atom is -0.406 e. The number of alkyl halides is 3. The minimum atomic E-state index is -4.72. The Morgan fingerprint density at radius 2 is 2.00 bits per heavy atom. The molecule has 1 atom stereocenters. The van der Waals surface area contributed by atoms with Crippen molar-refractivity contribution in [1.29, 1.82) is 0 Å². The summed E-state index contributed by atoms with van der Waals surface area (Å²) in [5.41, 5.74) is 0.387. The van der Waals surface area contributed by atoms with Gasteiger partial charge >= 0.3 is 6.36 Å². The van der Waals surface area contributed by atoms with Gasteiger partial charge in [0.1, 0.15) is 5.75 Å². The standard InChI is InChI=1S/C14H15F3O3/c15-14(16,17)20-12-5-3-10(4-6-12)13(18)8-7-11-2-1-9-19-11/h3-6,11H,1-2,7-9H2. The van der Waals surface area contributed by atoms with Gasteiger partial charge < -0.3 is 9.47 Å². The Labute approximate surface area is 114 Å². The number of hydrogen-bond acceptors (Lipinski definition) is 3. The first-order valence-corrected chi connectivity index (χ1v) is 6.45. The van der Waals surface area contributed by atoms with Crippen molar-refractivity contribution in [2.45, 2.75) is 38.1 Å². The van der Waals surface area contributed by atoms with Crippen LogP contribution in [0.25, 0.3) is 0 Å². The van der Waals surface area contributed by atoms with Gasteiger partial charge in [-0.1, -0.05) is 0 Å². The molecule has 1 saturated heterocycles. The minimum absolute atomic E-state index is 0.0981. The first kappa shape index (κ1) is 14.8. The number of halogens is 3. The Bertz CT molecular complexity index is 448. The summed E-state index contributed by atoms with van der Waals surface area (Å²) in [6, 6.07) is 4.98. The molecule has 20 heavy (non-hydrogen) atoms. The Morgan fingerprint density at radius 3 is 2.55 bits per heavy atom. The van der Waals surface area contributed by atoms with Crippen molar-refractivity contribution < 1.29 is 27.4 Å². The number of rotatable bonds is 5. The fourth-order valence-electron chi connectivity index (χ4n) is 2.15. The molecule has 0 amide bonds. The second-order valence-electron chi connectivity index (χ2n) is 4.67. The van der Waals surface area contributed by atoms with E-state index in [1.165, 1.54) is 12.1 Å². The molecule has 0 N–H and O–H groups in total. The van der Waals surface area contributed by atoms with E-state index in [4.69, 9.17) is 4.74 Å². The lowest BCUT2D eigenvalue weighted by Crippen LogP contribution is -2.17. The number of Topliss-reactive ketones (excluding diaryl/α,β-unsaturated/α-hetero) is 1. The van der Waals surface area contributed by atoms with Gasteiger partial charge in [-0.05, 0) is 43.5 Å². The van der Waals surface area contributed by atoms with E-state index in [-0.39, 0.29) is 17.6 Å². The second kappa shape index (κ2) is 6.26. The maximum absolute atomic E-state index is 12.0. The number of benzene rings is 1. The number of carbonyl (C=O) groups is 1. The van der Waals surface area contributed by atoms with E-state index in [2.05, 4.69) is 4.74 Å². The maximum atomic E-state index is 12.0. The molecule has 0 radical (unpaired) electrons. The predicted molar refractivity (Wildman–Crippen MR) is 65.7 cm³/mol. The van der Waals surface area contributed by atoms with E-state index in [0.717, 1.165) is 31.6 Å². The average molecular weight is 288 g/mol. The first-order chi connectivity index (χ1) is 9.44. The van der Waals surface area contributed by atoms with Gasteiger partial charge in [0.2, 0.25) is 0 Å². The van der Waals surface area contributed by atoms with Crippen LogP contribution >= 0.6 is 0 Å². The summed E-state index contributed by atoms with van der Waals surface area (Å²) in [5.74, 6) is -0.424. The molecular weight excluding hydrogens is 273 g/mol. The summed E-state index contributed by atoms with van der Waals surface area (Å²) in [4.78, 5) is 11.9. The fourth-order valence-corrected chi connectivity index (χ4v) is 2.15. The van der Waals surface area contributed by atoms with E-state index in [9.17, 15) is 18.0 Å². The molecule has 0 aliphatic carbocycles. The van der Waals surface area contributed by atoms with Crippen LogP contribution in [-0.4, -0.2) is 24.9 Å². The number of ether oxygens (including phenoxy) is 2. The summed E-state index contributed by atoms with van der Waals surface area (Å²) in [5, 5.41) is 0. The molecule has 1 aliphatic heterocycles. The molecule has 1 fully saturated rings. The largest absolute Gasteiger partial charge is 0.573 e. The van der Waals surface area contributed by atoms with Crippen molar-refractivity contribution >= 4 is 5.78 Å². The zero-order chi connectivity index (χ0) is 14.6. The molecule has 3 nitrogen and oxygen atoms in total. The molecule has 1 aliphatic rings. The lowest BCUT2D eigenvalue weighted by molar-refractivity contribution is -0.274. The van der Waals surface area contributed by atoms with Crippen LogP contribution in [0, 0.1) is 0 Å². The molecule has 1 unspecified atom stereocenters. The summed E-state index contributed by atoms with van der Waals surface area (Å²) in [7, 11) is 0. The number of ketones is 1. The van der Waals surface area contributed by atoms with Crippen LogP contribution < -0.4 is 4.74 Å². The number of hydrogen-bond donors (Lipinski definition) is 0. The van der Waals surface area contributed by atoms with Gasteiger partial charge in [-0.15, -0.1) is 13.2 Å². The van der Waals surface area contributed by atoms with Gasteiger partial charge in [-0.2, -0.15) is 0 Å². The van der Waals surface area contributed by atoms with E-state index in [1.807, 2.05) is 0 Å². The third kappa shape index (κ3) is 4.52. The van der Waals surface area contributed by atoms with Gasteiger partial charge in [0, 0.05) is 18.6 Å². The van der Waals surface area contributed by atoms with E-state index in [0.29, 0.717) is 18.4 Å². The smallest absolute Gasteiger partial charge is 0.406 e. The Hall–Kier alpha value is -1.56. The van der Waals surface area contributed by atoms with Crippen molar-refractivity contribution in [3.05, 3.63) is 29.8 Å². The lowest BCUT2D eigenvalue weighted by Gasteiger charge is -2.10. The third-order valence-corrected chi connectivity index (χ3v) is 3.13. The zero-order valence-corrected chi connectivity index (χ0v) is 10.8. The Morgan fingerprint density at radius 1 is 1.30 bits per heavy atom. The quantitative estimate of drug-likeness (QED) is 0.774. The van der Waals surface area contributed by atoms with Crippen LogP contribution in [0.5, 0.6) is 5.75 Å². The maximum Gasteiger partial charge on any atom is 0.573 e. The van der Waals surface area contributed by atoms with Gasteiger partial charge in [0.05, 0.1) is 6.10 Å². The monoisotopic (exact) mass is 288 g/mol. The molecule has 0 aromatic heterocycles. The summed E-state index contributed by atoms with van der Waals surface area (Å²) in [6.07, 6.45) is -1.62. The van der Waals surface area contributed by atoms with Gasteiger partial charge in [-0.3, -0.25) is 4.79 Å². The molecule has 6 heteroatoms. The van der Waals surface area contributed by atoms with E-state index < -0.39 is 6.36 Å². The molecule has 1 aromatic rings. The van der Waals surface area contributed by atoms with Crippen molar-refractivity contribution in [3.8, 4) is 5.75 Å². The molecule has 110 valence electrons. The van der Waals surface area contributed by atoms with Crippen LogP contribution in [0.4, 0.5) is 13.2 Å². The topological polar surface area (TPSA) is 35.5 Å². The van der Waals surface area contributed by atoms with Crippen molar-refractivity contribution in [1.82, 2.24) is 0 Å². The fraction of sp³-hybridized carbons (Fsp3) is 0.500. The third-order valence-electron chi connectivity index (χ3n) is 3.13. The summed E-state index contributed by atoms with van der Waals surface area (Å²) in [6.45, 7) is 0.738. The predicted octanol–water partition coefficient (Wildman–Crippen LogP) is 3.73. The second-order valence-corrected chi connectivity index (χ2v) is 4.67. The zero-order valence-electron chi connectivity index (χ0n) is 10.8. The molecule has 1 heterocycles. The normalized spacial score (nSPS) is 19.1. The summed E-state index contributed by atoms with van der Waals surface area (Å²) >= 11 is 0. The van der Waals surface area contributed by atoms with Crippen molar-refractivity contribution in [2.24, 2.45) is 0 Å². The van der Waals surface area contributed by atoms with E-state index in [1.54, 1.807) is 0 Å². The van der Waals surface area contributed by atoms with Crippen LogP contribution in [0.15, 0.2) is 24.3 Å². The molecule has 1 aromatic carbocycles. The molecule has 2 rings (SSSR count). The molecule has 0 saturated carbocycles. The molecule has 0 bridgehead atoms. The SMILES string of the molecule is O=C(CCC1CCCO1)c1ccc(OC(F)(F)F)cc1. The highest BCUT2D eigenvalue weighted by molar-refractivity contribution is 5.96. The Kier molecular flexibility index (Phi) is 4.65. The lowest BCUT2D eigenvalue weighted by atomic mass is 10.0. The Balaban J connectivity index is 1.86. The molecule has 0 spiro atoms. The molecular formula is C14H15F3O3. The van der Waals surface area contributed by atoms with Crippen LogP contribution in [0.2, 0.25) is 0 Å². The highest BCUT2D eigenvalue weighted by Gasteiger charge is 2.31. The van der Waals surface area contributed by atoms with Gasteiger partial charge in [-0.25, -0.2) is 0 Å². The first-order valence-electron chi connectivity index (χ1n) is 6.45. The number of carbonyl (C=O) groups excluding carboxylic acids is 1. The highest BCUT2D eigenvalue weighted by atomic mass is 19.4. The highest BCUT2D eigenvalue weighted by Crippen LogP contribution is 2.23.